The molecule has 0 aliphatic rings. The molecular formula is C11H14N4O3S. The molecule has 0 atom stereocenters. The largest absolute Gasteiger partial charge is 0.459 e. The Morgan fingerprint density at radius 1 is 1.53 bits per heavy atom. The number of ether oxygens (including phenoxy) is 1. The van der Waals surface area contributed by atoms with E-state index in [1.54, 1.807) is 11.6 Å². The van der Waals surface area contributed by atoms with E-state index >= 15 is 0 Å². The number of esters is 1. The number of aromatic nitrogens is 4. The third-order valence-corrected chi connectivity index (χ3v) is 3.05. The summed E-state index contributed by atoms with van der Waals surface area (Å²) in [7, 11) is 1.88. The van der Waals surface area contributed by atoms with Crippen LogP contribution in [-0.2, 0) is 18.2 Å². The van der Waals surface area contributed by atoms with Gasteiger partial charge in [0.05, 0.1) is 12.8 Å². The molecule has 2 heterocycles. The quantitative estimate of drug-likeness (QED) is 0.583. The summed E-state index contributed by atoms with van der Waals surface area (Å²) in [6.07, 6.45) is 4.62. The van der Waals surface area contributed by atoms with Crippen LogP contribution in [0.5, 0.6) is 0 Å². The van der Waals surface area contributed by atoms with Gasteiger partial charge in [-0.1, -0.05) is 16.9 Å². The van der Waals surface area contributed by atoms with Crippen LogP contribution in [0.4, 0.5) is 0 Å². The van der Waals surface area contributed by atoms with E-state index in [2.05, 4.69) is 15.3 Å². The van der Waals surface area contributed by atoms with Crippen molar-refractivity contribution in [3.8, 4) is 0 Å². The molecular weight excluding hydrogens is 268 g/mol. The molecule has 0 aliphatic heterocycles. The molecule has 0 aromatic carbocycles. The number of aryl methyl sites for hydroxylation is 2. The Balaban J connectivity index is 1.81. The van der Waals surface area contributed by atoms with Crippen LogP contribution in [0.15, 0.2) is 22.0 Å². The molecule has 0 fully saturated rings. The third-order valence-electron chi connectivity index (χ3n) is 2.23. The van der Waals surface area contributed by atoms with E-state index in [0.29, 0.717) is 5.22 Å². The first kappa shape index (κ1) is 13.6. The molecule has 0 spiro atoms. The molecule has 2 aromatic rings. The first-order valence-corrected chi connectivity index (χ1v) is 6.78. The molecule has 0 saturated heterocycles. The Morgan fingerprint density at radius 2 is 2.37 bits per heavy atom. The van der Waals surface area contributed by atoms with Crippen molar-refractivity contribution in [2.75, 3.05) is 12.4 Å². The molecule has 0 unspecified atom stereocenters. The average Bonchev–Trinajstić information content (AvgIpc) is 2.99. The highest BCUT2D eigenvalue weighted by atomic mass is 32.2. The highest BCUT2D eigenvalue weighted by Gasteiger charge is 2.15. The van der Waals surface area contributed by atoms with Gasteiger partial charge in [-0.05, 0) is 18.9 Å². The van der Waals surface area contributed by atoms with Crippen LogP contribution < -0.4 is 0 Å². The zero-order valence-corrected chi connectivity index (χ0v) is 11.5. The zero-order chi connectivity index (χ0) is 13.7. The summed E-state index contributed by atoms with van der Waals surface area (Å²) < 4.78 is 11.7. The van der Waals surface area contributed by atoms with Gasteiger partial charge in [-0.2, -0.15) is 5.10 Å². The van der Waals surface area contributed by atoms with Gasteiger partial charge in [0.1, 0.15) is 0 Å². The fourth-order valence-corrected chi connectivity index (χ4v) is 2.15. The summed E-state index contributed by atoms with van der Waals surface area (Å²) in [6.45, 7) is 2.00. The lowest BCUT2D eigenvalue weighted by atomic mass is 10.3. The van der Waals surface area contributed by atoms with Gasteiger partial charge in [0.15, 0.2) is 0 Å². The fourth-order valence-electron chi connectivity index (χ4n) is 1.40. The van der Waals surface area contributed by atoms with Crippen LogP contribution in [0.3, 0.4) is 0 Å². The number of thioether (sulfide) groups is 1. The highest BCUT2D eigenvalue weighted by molar-refractivity contribution is 7.99. The van der Waals surface area contributed by atoms with E-state index in [9.17, 15) is 4.79 Å². The van der Waals surface area contributed by atoms with Crippen LogP contribution >= 0.6 is 11.8 Å². The molecule has 0 radical (unpaired) electrons. The van der Waals surface area contributed by atoms with Crippen molar-refractivity contribution in [1.29, 1.82) is 0 Å². The number of rotatable bonds is 6. The Kier molecular flexibility index (Phi) is 4.56. The topological polar surface area (TPSA) is 83.0 Å². The molecule has 19 heavy (non-hydrogen) atoms. The van der Waals surface area contributed by atoms with Crippen molar-refractivity contribution in [2.45, 2.75) is 18.6 Å². The first-order valence-electron chi connectivity index (χ1n) is 5.80. The first-order chi connectivity index (χ1) is 9.19. The van der Waals surface area contributed by atoms with Crippen LogP contribution in [0.1, 0.15) is 23.2 Å². The zero-order valence-electron chi connectivity index (χ0n) is 10.7. The van der Waals surface area contributed by atoms with E-state index in [-0.39, 0.29) is 12.5 Å². The number of nitrogens with zero attached hydrogens (tertiary/aromatic N) is 4. The average molecular weight is 282 g/mol. The highest BCUT2D eigenvalue weighted by Crippen LogP contribution is 2.17. The van der Waals surface area contributed by atoms with Gasteiger partial charge >= 0.3 is 11.9 Å². The van der Waals surface area contributed by atoms with Gasteiger partial charge < -0.3 is 9.15 Å². The van der Waals surface area contributed by atoms with Crippen molar-refractivity contribution in [2.24, 2.45) is 7.05 Å². The lowest BCUT2D eigenvalue weighted by molar-refractivity contribution is 0.0475. The van der Waals surface area contributed by atoms with E-state index in [1.165, 1.54) is 11.8 Å². The van der Waals surface area contributed by atoms with Gasteiger partial charge in [-0.15, -0.1) is 5.10 Å². The maximum atomic E-state index is 11.3. The molecule has 0 bridgehead atoms. The predicted molar refractivity (Wildman–Crippen MR) is 67.9 cm³/mol. The van der Waals surface area contributed by atoms with Crippen molar-refractivity contribution in [3.63, 3.8) is 0 Å². The summed E-state index contributed by atoms with van der Waals surface area (Å²) in [6, 6.07) is 0. The summed E-state index contributed by atoms with van der Waals surface area (Å²) >= 11 is 1.40. The number of hydrogen-bond acceptors (Lipinski definition) is 7. The van der Waals surface area contributed by atoms with E-state index < -0.39 is 5.97 Å². The standard InChI is InChI=1S/C11H14N4O3S/c1-3-17-10(16)9-13-14-11(18-9)19-5-4-8-6-12-15(2)7-8/h6-7H,3-5H2,1-2H3. The smallest absolute Gasteiger partial charge is 0.396 e. The van der Waals surface area contributed by atoms with Crippen molar-refractivity contribution < 1.29 is 13.9 Å². The molecule has 0 N–H and O–H groups in total. The minimum absolute atomic E-state index is 0.106. The van der Waals surface area contributed by atoms with Gasteiger partial charge in [0, 0.05) is 19.0 Å². The maximum absolute atomic E-state index is 11.3. The maximum Gasteiger partial charge on any atom is 0.396 e. The van der Waals surface area contributed by atoms with Gasteiger partial charge in [-0.3, -0.25) is 4.68 Å². The lowest BCUT2D eigenvalue weighted by Crippen LogP contribution is -2.04. The second-order valence-electron chi connectivity index (χ2n) is 3.71. The number of carbonyl (C=O) groups excluding carboxylic acids is 1. The van der Waals surface area contributed by atoms with E-state index in [0.717, 1.165) is 17.7 Å². The third kappa shape index (κ3) is 3.82. The number of hydrogen-bond donors (Lipinski definition) is 0. The summed E-state index contributed by atoms with van der Waals surface area (Å²) in [4.78, 5) is 11.3. The Morgan fingerprint density at radius 3 is 3.05 bits per heavy atom. The molecule has 102 valence electrons. The second kappa shape index (κ2) is 6.37. The summed E-state index contributed by atoms with van der Waals surface area (Å²) in [5, 5.41) is 11.9. The molecule has 7 nitrogen and oxygen atoms in total. The van der Waals surface area contributed by atoms with Gasteiger partial charge in [-0.25, -0.2) is 4.79 Å². The summed E-state index contributed by atoms with van der Waals surface area (Å²) in [5.74, 6) is 0.0794. The fraction of sp³-hybridized carbons (Fsp3) is 0.455. The minimum Gasteiger partial charge on any atom is -0.459 e. The predicted octanol–water partition coefficient (Wildman–Crippen LogP) is 1.31. The van der Waals surface area contributed by atoms with Gasteiger partial charge in [0.25, 0.3) is 5.22 Å². The Labute approximate surface area is 114 Å². The molecule has 2 rings (SSSR count). The van der Waals surface area contributed by atoms with Crippen LogP contribution in [-0.4, -0.2) is 38.3 Å². The van der Waals surface area contributed by atoms with Crippen molar-refractivity contribution >= 4 is 17.7 Å². The molecule has 0 amide bonds. The van der Waals surface area contributed by atoms with Crippen LogP contribution in [0.2, 0.25) is 0 Å². The van der Waals surface area contributed by atoms with Crippen LogP contribution in [0.25, 0.3) is 0 Å². The molecule has 0 aliphatic carbocycles. The van der Waals surface area contributed by atoms with E-state index in [4.69, 9.17) is 9.15 Å². The van der Waals surface area contributed by atoms with Crippen molar-refractivity contribution in [1.82, 2.24) is 20.0 Å². The van der Waals surface area contributed by atoms with E-state index in [1.807, 2.05) is 19.4 Å². The second-order valence-corrected chi connectivity index (χ2v) is 4.76. The lowest BCUT2D eigenvalue weighted by Gasteiger charge is -1.95. The monoisotopic (exact) mass is 282 g/mol. The summed E-state index contributed by atoms with van der Waals surface area (Å²) in [5.41, 5.74) is 1.14. The normalized spacial score (nSPS) is 10.6. The Hall–Kier alpha value is -1.83. The SMILES string of the molecule is CCOC(=O)c1nnc(SCCc2cnn(C)c2)o1. The molecule has 2 aromatic heterocycles. The molecule has 0 saturated carbocycles. The minimum atomic E-state index is -0.589. The van der Waals surface area contributed by atoms with Crippen molar-refractivity contribution in [3.05, 3.63) is 23.8 Å². The Bertz CT molecular complexity index is 552. The molecule has 8 heteroatoms. The number of carbonyl (C=O) groups is 1. The van der Waals surface area contributed by atoms with Gasteiger partial charge in [0.2, 0.25) is 0 Å². The van der Waals surface area contributed by atoms with Crippen LogP contribution in [0, 0.1) is 0 Å².